The molecule has 154 valence electrons. The lowest BCUT2D eigenvalue weighted by atomic mass is 10.1. The van der Waals surface area contributed by atoms with Crippen LogP contribution in [0.2, 0.25) is 5.02 Å². The summed E-state index contributed by atoms with van der Waals surface area (Å²) in [6.45, 7) is 3.17. The number of para-hydroxylation sites is 1. The summed E-state index contributed by atoms with van der Waals surface area (Å²) in [5, 5.41) is 6.57. The van der Waals surface area contributed by atoms with Crippen LogP contribution in [0.5, 0.6) is 0 Å². The van der Waals surface area contributed by atoms with E-state index in [1.54, 1.807) is 29.2 Å². The highest BCUT2D eigenvalue weighted by Crippen LogP contribution is 2.18. The maximum Gasteiger partial charge on any atom is 0.258 e. The molecule has 0 heterocycles. The Balaban J connectivity index is 1.54. The van der Waals surface area contributed by atoms with Crippen LogP contribution < -0.4 is 15.5 Å². The lowest BCUT2D eigenvalue weighted by Crippen LogP contribution is -2.30. The zero-order valence-electron chi connectivity index (χ0n) is 16.8. The van der Waals surface area contributed by atoms with Crippen LogP contribution in [0.15, 0.2) is 78.9 Å². The molecule has 5 nitrogen and oxygen atoms in total. The van der Waals surface area contributed by atoms with E-state index in [0.29, 0.717) is 29.4 Å². The molecule has 0 atom stereocenters. The first-order chi connectivity index (χ1) is 14.6. The topological polar surface area (TPSA) is 61.4 Å². The smallest absolute Gasteiger partial charge is 0.258 e. The Bertz CT molecular complexity index is 991. The first-order valence-electron chi connectivity index (χ1n) is 9.79. The van der Waals surface area contributed by atoms with E-state index < -0.39 is 0 Å². The van der Waals surface area contributed by atoms with Crippen molar-refractivity contribution in [2.24, 2.45) is 0 Å². The quantitative estimate of drug-likeness (QED) is 0.552. The minimum Gasteiger partial charge on any atom is -0.325 e. The number of benzene rings is 3. The third-order valence-electron chi connectivity index (χ3n) is 4.60. The molecule has 3 aromatic rings. The van der Waals surface area contributed by atoms with Gasteiger partial charge in [-0.25, -0.2) is 0 Å². The standard InChI is InChI=1S/C24H24ClN3O2/c1-2-28(21-9-4-3-5-10-21)24(30)18-12-14-20(15-13-18)27-23(29)17-26-16-19-8-6-7-11-22(19)25/h3-15,26H,2,16-17H2,1H3,(H,27,29). The normalized spacial score (nSPS) is 10.5. The summed E-state index contributed by atoms with van der Waals surface area (Å²) in [7, 11) is 0. The van der Waals surface area contributed by atoms with Gasteiger partial charge in [0.2, 0.25) is 5.91 Å². The van der Waals surface area contributed by atoms with Gasteiger partial charge in [0.05, 0.1) is 6.54 Å². The molecule has 0 saturated heterocycles. The SMILES string of the molecule is CCN(C(=O)c1ccc(NC(=O)CNCc2ccccc2Cl)cc1)c1ccccc1. The molecule has 30 heavy (non-hydrogen) atoms. The monoisotopic (exact) mass is 421 g/mol. The van der Waals surface area contributed by atoms with Crippen molar-refractivity contribution in [1.82, 2.24) is 5.32 Å². The lowest BCUT2D eigenvalue weighted by Gasteiger charge is -2.21. The van der Waals surface area contributed by atoms with E-state index in [1.807, 2.05) is 61.5 Å². The van der Waals surface area contributed by atoms with Crippen LogP contribution in [0.4, 0.5) is 11.4 Å². The van der Waals surface area contributed by atoms with E-state index in [4.69, 9.17) is 11.6 Å². The molecule has 3 aromatic carbocycles. The maximum absolute atomic E-state index is 12.8. The average molecular weight is 422 g/mol. The van der Waals surface area contributed by atoms with Crippen LogP contribution in [-0.2, 0) is 11.3 Å². The van der Waals surface area contributed by atoms with Crippen LogP contribution in [-0.4, -0.2) is 24.9 Å². The molecule has 0 aromatic heterocycles. The van der Waals surface area contributed by atoms with Crippen molar-refractivity contribution in [3.63, 3.8) is 0 Å². The van der Waals surface area contributed by atoms with Gasteiger partial charge in [0, 0.05) is 35.1 Å². The Kier molecular flexibility index (Phi) is 7.60. The maximum atomic E-state index is 12.8. The molecular weight excluding hydrogens is 398 g/mol. The van der Waals surface area contributed by atoms with E-state index in [2.05, 4.69) is 10.6 Å². The zero-order chi connectivity index (χ0) is 21.3. The molecule has 0 spiro atoms. The van der Waals surface area contributed by atoms with E-state index in [-0.39, 0.29) is 18.4 Å². The number of hydrogen-bond acceptors (Lipinski definition) is 3. The summed E-state index contributed by atoms with van der Waals surface area (Å²) < 4.78 is 0. The van der Waals surface area contributed by atoms with Gasteiger partial charge in [-0.2, -0.15) is 0 Å². The fourth-order valence-corrected chi connectivity index (χ4v) is 3.26. The van der Waals surface area contributed by atoms with Crippen molar-refractivity contribution >= 4 is 34.8 Å². The predicted octanol–water partition coefficient (Wildman–Crippen LogP) is 4.74. The number of carbonyl (C=O) groups excluding carboxylic acids is 2. The van der Waals surface area contributed by atoms with Gasteiger partial charge in [0.25, 0.3) is 5.91 Å². The van der Waals surface area contributed by atoms with Crippen LogP contribution in [0.25, 0.3) is 0 Å². The highest BCUT2D eigenvalue weighted by atomic mass is 35.5. The summed E-state index contributed by atoms with van der Waals surface area (Å²) in [6, 6.07) is 24.0. The molecule has 0 radical (unpaired) electrons. The molecule has 0 bridgehead atoms. The number of nitrogens with zero attached hydrogens (tertiary/aromatic N) is 1. The van der Waals surface area contributed by atoms with Crippen molar-refractivity contribution in [2.75, 3.05) is 23.3 Å². The van der Waals surface area contributed by atoms with Crippen LogP contribution in [0, 0.1) is 0 Å². The van der Waals surface area contributed by atoms with Crippen LogP contribution in [0.1, 0.15) is 22.8 Å². The molecule has 2 amide bonds. The first kappa shape index (κ1) is 21.6. The Morgan fingerprint density at radius 1 is 0.900 bits per heavy atom. The third-order valence-corrected chi connectivity index (χ3v) is 4.97. The first-order valence-corrected chi connectivity index (χ1v) is 10.2. The second-order valence-corrected chi connectivity index (χ2v) is 7.11. The zero-order valence-corrected chi connectivity index (χ0v) is 17.5. The van der Waals surface area contributed by atoms with E-state index >= 15 is 0 Å². The Hall–Kier alpha value is -3.15. The fourth-order valence-electron chi connectivity index (χ4n) is 3.06. The van der Waals surface area contributed by atoms with E-state index in [9.17, 15) is 9.59 Å². The van der Waals surface area contributed by atoms with Gasteiger partial charge in [0.1, 0.15) is 0 Å². The molecule has 0 unspecified atom stereocenters. The number of anilines is 2. The van der Waals surface area contributed by atoms with Crippen molar-refractivity contribution in [1.29, 1.82) is 0 Å². The summed E-state index contributed by atoms with van der Waals surface area (Å²) in [5.74, 6) is -0.247. The Morgan fingerprint density at radius 2 is 1.57 bits per heavy atom. The number of carbonyl (C=O) groups is 2. The minimum absolute atomic E-state index is 0.0806. The van der Waals surface area contributed by atoms with Crippen LogP contribution >= 0.6 is 11.6 Å². The summed E-state index contributed by atoms with van der Waals surface area (Å²) >= 11 is 6.11. The molecule has 0 saturated carbocycles. The molecule has 0 fully saturated rings. The van der Waals surface area contributed by atoms with Crippen LogP contribution in [0.3, 0.4) is 0 Å². The van der Waals surface area contributed by atoms with Gasteiger partial charge in [-0.05, 0) is 55.0 Å². The molecule has 0 aliphatic heterocycles. The second-order valence-electron chi connectivity index (χ2n) is 6.71. The second kappa shape index (κ2) is 10.6. The fraction of sp³-hybridized carbons (Fsp3) is 0.167. The molecular formula is C24H24ClN3O2. The molecule has 3 rings (SSSR count). The summed E-state index contributed by atoms with van der Waals surface area (Å²) in [4.78, 5) is 26.7. The Labute approximate surface area is 181 Å². The summed E-state index contributed by atoms with van der Waals surface area (Å²) in [5.41, 5.74) is 3.00. The number of hydrogen-bond donors (Lipinski definition) is 2. The van der Waals surface area contributed by atoms with Gasteiger partial charge in [0.15, 0.2) is 0 Å². The van der Waals surface area contributed by atoms with Crippen molar-refractivity contribution in [2.45, 2.75) is 13.5 Å². The van der Waals surface area contributed by atoms with Gasteiger partial charge in [-0.15, -0.1) is 0 Å². The average Bonchev–Trinajstić information content (AvgIpc) is 2.77. The van der Waals surface area contributed by atoms with Gasteiger partial charge in [-0.1, -0.05) is 48.0 Å². The molecule has 0 aliphatic carbocycles. The molecule has 6 heteroatoms. The van der Waals surface area contributed by atoms with Crippen molar-refractivity contribution in [3.8, 4) is 0 Å². The largest absolute Gasteiger partial charge is 0.325 e. The number of rotatable bonds is 8. The third kappa shape index (κ3) is 5.69. The van der Waals surface area contributed by atoms with E-state index in [1.165, 1.54) is 0 Å². The summed E-state index contributed by atoms with van der Waals surface area (Å²) in [6.07, 6.45) is 0. The number of halogens is 1. The van der Waals surface area contributed by atoms with Gasteiger partial charge in [-0.3, -0.25) is 9.59 Å². The predicted molar refractivity (Wildman–Crippen MR) is 122 cm³/mol. The van der Waals surface area contributed by atoms with Crippen molar-refractivity contribution in [3.05, 3.63) is 95.0 Å². The molecule has 2 N–H and O–H groups in total. The lowest BCUT2D eigenvalue weighted by molar-refractivity contribution is -0.115. The highest BCUT2D eigenvalue weighted by molar-refractivity contribution is 6.31. The minimum atomic E-state index is -0.166. The van der Waals surface area contributed by atoms with Crippen molar-refractivity contribution < 1.29 is 9.59 Å². The van der Waals surface area contributed by atoms with Gasteiger partial charge >= 0.3 is 0 Å². The Morgan fingerprint density at radius 3 is 2.23 bits per heavy atom. The number of nitrogens with one attached hydrogen (secondary N) is 2. The van der Waals surface area contributed by atoms with Gasteiger partial charge < -0.3 is 15.5 Å². The highest BCUT2D eigenvalue weighted by Gasteiger charge is 2.15. The molecule has 0 aliphatic rings. The van der Waals surface area contributed by atoms with E-state index in [0.717, 1.165) is 11.3 Å². The number of amides is 2.